The summed E-state index contributed by atoms with van der Waals surface area (Å²) in [6, 6.07) is 21.3. The number of ether oxygens (including phenoxy) is 3. The molecule has 0 heterocycles. The van der Waals surface area contributed by atoms with Gasteiger partial charge in [0.1, 0.15) is 25.4 Å². The maximum atomic E-state index is 13.0. The van der Waals surface area contributed by atoms with Crippen molar-refractivity contribution in [2.45, 2.75) is 58.9 Å². The van der Waals surface area contributed by atoms with Crippen LogP contribution in [0.3, 0.4) is 0 Å². The number of esters is 2. The third-order valence-electron chi connectivity index (χ3n) is 7.83. The number of methoxy groups -OCH3 is 1. The van der Waals surface area contributed by atoms with Crippen LogP contribution >= 0.6 is 0 Å². The molecule has 0 saturated carbocycles. The molecular weight excluding hydrogens is 556 g/mol. The van der Waals surface area contributed by atoms with Crippen LogP contribution in [0.1, 0.15) is 89.0 Å². The molecule has 8 heteroatoms. The number of quaternary nitrogens is 1. The number of carbonyl (C=O) groups excluding carboxylic acids is 3. The van der Waals surface area contributed by atoms with Gasteiger partial charge in [0.15, 0.2) is 0 Å². The monoisotopic (exact) mass is 603 g/mol. The van der Waals surface area contributed by atoms with E-state index in [1.165, 1.54) is 32.8 Å². The highest BCUT2D eigenvalue weighted by Gasteiger charge is 2.21. The van der Waals surface area contributed by atoms with E-state index in [-0.39, 0.29) is 18.5 Å². The van der Waals surface area contributed by atoms with Gasteiger partial charge >= 0.3 is 11.9 Å². The molecule has 0 saturated heterocycles. The van der Waals surface area contributed by atoms with Gasteiger partial charge in [0.05, 0.1) is 44.0 Å². The fraction of sp³-hybridized carbons (Fsp3) is 0.417. The molecule has 0 aliphatic carbocycles. The van der Waals surface area contributed by atoms with Crippen molar-refractivity contribution in [3.8, 4) is 5.75 Å². The molecular formula is C36H47N2O6+. The maximum absolute atomic E-state index is 13.0. The normalized spacial score (nSPS) is 12.2. The van der Waals surface area contributed by atoms with Gasteiger partial charge in [-0.25, -0.2) is 9.59 Å². The Kier molecular flexibility index (Phi) is 13.9. The largest absolute Gasteiger partial charge is 0.493 e. The molecule has 0 spiro atoms. The molecule has 3 aromatic rings. The molecule has 1 amide bonds. The summed E-state index contributed by atoms with van der Waals surface area (Å²) in [7, 11) is 3.47. The number of hydrogen-bond acceptors (Lipinski definition) is 6. The van der Waals surface area contributed by atoms with Gasteiger partial charge < -0.3 is 24.0 Å². The van der Waals surface area contributed by atoms with Crippen molar-refractivity contribution in [1.82, 2.24) is 0 Å². The quantitative estimate of drug-likeness (QED) is 0.0933. The second kappa shape index (κ2) is 17.8. The van der Waals surface area contributed by atoms with Gasteiger partial charge in [0, 0.05) is 11.3 Å². The maximum Gasteiger partial charge on any atom is 0.338 e. The first-order chi connectivity index (χ1) is 21.3. The topological polar surface area (TPSA) is 90.9 Å². The Balaban J connectivity index is 1.47. The zero-order chi connectivity index (χ0) is 31.8. The van der Waals surface area contributed by atoms with E-state index in [1.807, 2.05) is 30.3 Å². The van der Waals surface area contributed by atoms with E-state index < -0.39 is 5.97 Å². The van der Waals surface area contributed by atoms with E-state index in [9.17, 15) is 14.4 Å². The molecule has 1 N–H and O–H groups in total. The third-order valence-corrected chi connectivity index (χ3v) is 7.83. The molecule has 236 valence electrons. The second-order valence-electron chi connectivity index (χ2n) is 11.3. The summed E-state index contributed by atoms with van der Waals surface area (Å²) in [5.41, 5.74) is 3.05. The van der Waals surface area contributed by atoms with Crippen molar-refractivity contribution in [3.05, 3.63) is 95.1 Å². The molecule has 3 aromatic carbocycles. The molecule has 0 bridgehead atoms. The highest BCUT2D eigenvalue weighted by atomic mass is 16.5. The number of para-hydroxylation sites is 1. The molecule has 0 aliphatic heterocycles. The van der Waals surface area contributed by atoms with Gasteiger partial charge in [-0.1, -0.05) is 63.3 Å². The van der Waals surface area contributed by atoms with Gasteiger partial charge in [-0.3, -0.25) is 4.79 Å². The summed E-state index contributed by atoms with van der Waals surface area (Å²) in [6.45, 7) is 7.35. The van der Waals surface area contributed by atoms with Crippen molar-refractivity contribution in [3.63, 3.8) is 0 Å². The van der Waals surface area contributed by atoms with E-state index in [1.54, 1.807) is 42.5 Å². The van der Waals surface area contributed by atoms with Crippen molar-refractivity contribution in [2.75, 3.05) is 45.8 Å². The van der Waals surface area contributed by atoms with Crippen molar-refractivity contribution in [2.24, 2.45) is 0 Å². The number of nitrogens with zero attached hydrogens (tertiary/aromatic N) is 1. The van der Waals surface area contributed by atoms with Crippen LogP contribution in [-0.4, -0.2) is 62.8 Å². The predicted molar refractivity (Wildman–Crippen MR) is 173 cm³/mol. The van der Waals surface area contributed by atoms with Crippen LogP contribution in [-0.2, 0) is 16.0 Å². The average Bonchev–Trinajstić information content (AvgIpc) is 3.04. The van der Waals surface area contributed by atoms with E-state index in [0.29, 0.717) is 45.8 Å². The molecule has 0 aliphatic rings. The van der Waals surface area contributed by atoms with Crippen molar-refractivity contribution in [1.29, 1.82) is 0 Å². The lowest BCUT2D eigenvalue weighted by Gasteiger charge is -2.33. The summed E-state index contributed by atoms with van der Waals surface area (Å²) in [5.74, 6) is -0.480. The number of rotatable bonds is 18. The van der Waals surface area contributed by atoms with Crippen LogP contribution in [0.15, 0.2) is 72.8 Å². The first kappa shape index (κ1) is 34.3. The predicted octanol–water partition coefficient (Wildman–Crippen LogP) is 7.29. The minimum Gasteiger partial charge on any atom is -0.493 e. The Bertz CT molecular complexity index is 1340. The summed E-state index contributed by atoms with van der Waals surface area (Å²) in [6.07, 6.45) is 7.02. The Morgan fingerprint density at radius 1 is 0.750 bits per heavy atom. The molecule has 1 unspecified atom stereocenters. The number of carbonyl (C=O) groups is 3. The fourth-order valence-electron chi connectivity index (χ4n) is 4.83. The van der Waals surface area contributed by atoms with E-state index in [0.717, 1.165) is 31.5 Å². The van der Waals surface area contributed by atoms with E-state index in [2.05, 4.69) is 26.2 Å². The Morgan fingerprint density at radius 2 is 1.39 bits per heavy atom. The molecule has 0 aromatic heterocycles. The standard InChI is InChI=1S/C36H46N2O6/c1-5-7-8-9-10-13-25-43-33-15-12-11-14-32(33)34(39)37-31-22-20-30(21-23-31)36(41)44-26-24-38(3,6-2)27-28-16-18-29(19-17-28)35(40)42-4/h11-12,14-23H,5-10,13,24-27H2,1-4H3/p+1. The molecule has 0 fully saturated rings. The molecule has 1 atom stereocenters. The zero-order valence-corrected chi connectivity index (χ0v) is 26.6. The highest BCUT2D eigenvalue weighted by molar-refractivity contribution is 6.06. The van der Waals surface area contributed by atoms with Crippen LogP contribution in [0.4, 0.5) is 5.69 Å². The first-order valence-corrected chi connectivity index (χ1v) is 15.6. The number of likely N-dealkylation sites (N-methyl/N-ethyl adjacent to an activating group) is 1. The Morgan fingerprint density at radius 3 is 2.07 bits per heavy atom. The lowest BCUT2D eigenvalue weighted by Crippen LogP contribution is -2.45. The van der Waals surface area contributed by atoms with Gasteiger partial charge in [-0.05, 0) is 61.9 Å². The lowest BCUT2D eigenvalue weighted by molar-refractivity contribution is -0.921. The molecule has 44 heavy (non-hydrogen) atoms. The van der Waals surface area contributed by atoms with Crippen LogP contribution in [0.5, 0.6) is 5.75 Å². The highest BCUT2D eigenvalue weighted by Crippen LogP contribution is 2.21. The van der Waals surface area contributed by atoms with Gasteiger partial charge in [-0.15, -0.1) is 0 Å². The van der Waals surface area contributed by atoms with Crippen molar-refractivity contribution < 1.29 is 33.1 Å². The van der Waals surface area contributed by atoms with Crippen LogP contribution in [0, 0.1) is 0 Å². The van der Waals surface area contributed by atoms with Crippen molar-refractivity contribution >= 4 is 23.5 Å². The summed E-state index contributed by atoms with van der Waals surface area (Å²) >= 11 is 0. The lowest BCUT2D eigenvalue weighted by atomic mass is 10.1. The second-order valence-corrected chi connectivity index (χ2v) is 11.3. The Hall–Kier alpha value is -4.17. The zero-order valence-electron chi connectivity index (χ0n) is 26.6. The van der Waals surface area contributed by atoms with Gasteiger partial charge in [-0.2, -0.15) is 0 Å². The number of nitrogens with one attached hydrogen (secondary N) is 1. The van der Waals surface area contributed by atoms with Gasteiger partial charge in [0.25, 0.3) is 5.91 Å². The average molecular weight is 604 g/mol. The number of hydrogen-bond donors (Lipinski definition) is 1. The summed E-state index contributed by atoms with van der Waals surface area (Å²) in [4.78, 5) is 37.4. The van der Waals surface area contributed by atoms with E-state index in [4.69, 9.17) is 14.2 Å². The number of anilines is 1. The molecule has 0 radical (unpaired) electrons. The number of unbranched alkanes of at least 4 members (excludes halogenated alkanes) is 5. The van der Waals surface area contributed by atoms with Crippen LogP contribution < -0.4 is 10.1 Å². The smallest absolute Gasteiger partial charge is 0.338 e. The van der Waals surface area contributed by atoms with Gasteiger partial charge in [0.2, 0.25) is 0 Å². The number of amides is 1. The van der Waals surface area contributed by atoms with Crippen LogP contribution in [0.2, 0.25) is 0 Å². The molecule has 3 rings (SSSR count). The summed E-state index contributed by atoms with van der Waals surface area (Å²) in [5, 5.41) is 2.90. The third kappa shape index (κ3) is 10.8. The first-order valence-electron chi connectivity index (χ1n) is 15.6. The Labute approximate surface area is 261 Å². The number of benzene rings is 3. The molecule has 8 nitrogen and oxygen atoms in total. The SMILES string of the molecule is CCCCCCCCOc1ccccc1C(=O)Nc1ccc(C(=O)OCC[N+](C)(CC)Cc2ccc(C(=O)OC)cc2)cc1. The minimum atomic E-state index is -0.415. The van der Waals surface area contributed by atoms with Crippen LogP contribution in [0.25, 0.3) is 0 Å². The minimum absolute atomic E-state index is 0.261. The summed E-state index contributed by atoms with van der Waals surface area (Å²) < 4.78 is 17.0. The van der Waals surface area contributed by atoms with E-state index >= 15 is 0 Å². The fourth-order valence-corrected chi connectivity index (χ4v) is 4.83.